The van der Waals surface area contributed by atoms with Crippen molar-refractivity contribution in [1.29, 1.82) is 0 Å². The predicted octanol–water partition coefficient (Wildman–Crippen LogP) is -0.0962. The molecule has 118 valence electrons. The summed E-state index contributed by atoms with van der Waals surface area (Å²) in [4.78, 5) is 34.1. The second-order valence-corrected chi connectivity index (χ2v) is 4.29. The van der Waals surface area contributed by atoms with E-state index in [2.05, 4.69) is 10.1 Å². The SMILES string of the molecule is COC(=O)CNC(=O)COC(=O)c1ccc2c(c1)OCCO2. The van der Waals surface area contributed by atoms with Gasteiger partial charge in [0.25, 0.3) is 5.91 Å². The molecule has 1 amide bonds. The van der Waals surface area contributed by atoms with Crippen LogP contribution in [0.2, 0.25) is 0 Å². The summed E-state index contributed by atoms with van der Waals surface area (Å²) in [5.41, 5.74) is 0.241. The molecule has 1 aromatic carbocycles. The van der Waals surface area contributed by atoms with Crippen LogP contribution in [-0.2, 0) is 19.1 Å². The highest BCUT2D eigenvalue weighted by Crippen LogP contribution is 2.30. The van der Waals surface area contributed by atoms with Crippen LogP contribution in [0, 0.1) is 0 Å². The smallest absolute Gasteiger partial charge is 0.338 e. The van der Waals surface area contributed by atoms with Crippen molar-refractivity contribution in [2.45, 2.75) is 0 Å². The van der Waals surface area contributed by atoms with Crippen LogP contribution in [0.3, 0.4) is 0 Å². The minimum atomic E-state index is -0.676. The van der Waals surface area contributed by atoms with Crippen LogP contribution in [0.15, 0.2) is 18.2 Å². The van der Waals surface area contributed by atoms with Gasteiger partial charge in [-0.15, -0.1) is 0 Å². The summed E-state index contributed by atoms with van der Waals surface area (Å²) in [5, 5.41) is 2.25. The van der Waals surface area contributed by atoms with Gasteiger partial charge < -0.3 is 24.3 Å². The Balaban J connectivity index is 1.84. The standard InChI is InChI=1S/C14H15NO7/c1-19-13(17)7-15-12(16)8-22-14(18)9-2-3-10-11(6-9)21-5-4-20-10/h2-3,6H,4-5,7-8H2,1H3,(H,15,16). The zero-order chi connectivity index (χ0) is 15.9. The molecule has 0 saturated heterocycles. The van der Waals surface area contributed by atoms with Gasteiger partial charge in [0.2, 0.25) is 0 Å². The third kappa shape index (κ3) is 4.11. The highest BCUT2D eigenvalue weighted by atomic mass is 16.6. The molecule has 2 rings (SSSR count). The lowest BCUT2D eigenvalue weighted by molar-refractivity contribution is -0.141. The number of benzene rings is 1. The van der Waals surface area contributed by atoms with E-state index in [0.29, 0.717) is 24.7 Å². The second kappa shape index (κ2) is 7.30. The molecule has 0 radical (unpaired) electrons. The van der Waals surface area contributed by atoms with Crippen LogP contribution in [0.1, 0.15) is 10.4 Å². The normalized spacial score (nSPS) is 12.2. The minimum absolute atomic E-state index is 0.241. The van der Waals surface area contributed by atoms with Crippen molar-refractivity contribution in [2.75, 3.05) is 33.5 Å². The third-order valence-corrected chi connectivity index (χ3v) is 2.77. The van der Waals surface area contributed by atoms with Crippen LogP contribution < -0.4 is 14.8 Å². The number of hydrogen-bond acceptors (Lipinski definition) is 7. The first-order valence-electron chi connectivity index (χ1n) is 6.50. The summed E-state index contributed by atoms with van der Waals surface area (Å²) in [6.45, 7) is 0.0831. The lowest BCUT2D eigenvalue weighted by Crippen LogP contribution is -2.33. The van der Waals surface area contributed by atoms with E-state index >= 15 is 0 Å². The Kier molecular flexibility index (Phi) is 5.18. The fourth-order valence-electron chi connectivity index (χ4n) is 1.68. The molecule has 1 N–H and O–H groups in total. The van der Waals surface area contributed by atoms with Crippen molar-refractivity contribution < 1.29 is 33.3 Å². The largest absolute Gasteiger partial charge is 0.486 e. The highest BCUT2D eigenvalue weighted by molar-refractivity contribution is 5.92. The molecule has 8 heteroatoms. The van der Waals surface area contributed by atoms with Gasteiger partial charge in [0.05, 0.1) is 12.7 Å². The summed E-state index contributed by atoms with van der Waals surface area (Å²) in [5.74, 6) is -0.859. The fourth-order valence-corrected chi connectivity index (χ4v) is 1.68. The Labute approximate surface area is 126 Å². The predicted molar refractivity (Wildman–Crippen MR) is 72.7 cm³/mol. The fraction of sp³-hybridized carbons (Fsp3) is 0.357. The average molecular weight is 309 g/mol. The number of carbonyl (C=O) groups is 3. The van der Waals surface area contributed by atoms with Gasteiger partial charge in [-0.25, -0.2) is 4.79 Å². The molecular weight excluding hydrogens is 294 g/mol. The molecule has 1 aromatic rings. The highest BCUT2D eigenvalue weighted by Gasteiger charge is 2.16. The van der Waals surface area contributed by atoms with E-state index in [-0.39, 0.29) is 12.1 Å². The first kappa shape index (κ1) is 15.6. The number of amides is 1. The quantitative estimate of drug-likeness (QED) is 0.758. The zero-order valence-corrected chi connectivity index (χ0v) is 11.9. The van der Waals surface area contributed by atoms with E-state index in [4.69, 9.17) is 14.2 Å². The van der Waals surface area contributed by atoms with Gasteiger partial charge in [0, 0.05) is 0 Å². The molecule has 0 unspecified atom stereocenters. The minimum Gasteiger partial charge on any atom is -0.486 e. The van der Waals surface area contributed by atoms with E-state index in [1.165, 1.54) is 19.2 Å². The van der Waals surface area contributed by atoms with Gasteiger partial charge >= 0.3 is 11.9 Å². The monoisotopic (exact) mass is 309 g/mol. The number of rotatable bonds is 5. The van der Waals surface area contributed by atoms with Gasteiger partial charge in [-0.1, -0.05) is 0 Å². The van der Waals surface area contributed by atoms with E-state index in [0.717, 1.165) is 0 Å². The van der Waals surface area contributed by atoms with Crippen LogP contribution >= 0.6 is 0 Å². The molecule has 8 nitrogen and oxygen atoms in total. The molecule has 0 fully saturated rings. The molecule has 0 atom stereocenters. The molecule has 0 aromatic heterocycles. The van der Waals surface area contributed by atoms with Gasteiger partial charge in [-0.2, -0.15) is 0 Å². The van der Waals surface area contributed by atoms with E-state index in [1.807, 2.05) is 0 Å². The van der Waals surface area contributed by atoms with Crippen LogP contribution in [0.4, 0.5) is 0 Å². The average Bonchev–Trinajstić information content (AvgIpc) is 2.56. The molecule has 1 aliphatic rings. The molecule has 22 heavy (non-hydrogen) atoms. The molecule has 0 bridgehead atoms. The topological polar surface area (TPSA) is 100 Å². The number of methoxy groups -OCH3 is 1. The Morgan fingerprint density at radius 2 is 1.91 bits per heavy atom. The van der Waals surface area contributed by atoms with Gasteiger partial charge in [0.15, 0.2) is 18.1 Å². The second-order valence-electron chi connectivity index (χ2n) is 4.29. The Bertz CT molecular complexity index is 585. The van der Waals surface area contributed by atoms with E-state index < -0.39 is 24.5 Å². The number of nitrogens with one attached hydrogen (secondary N) is 1. The Hall–Kier alpha value is -2.77. The zero-order valence-electron chi connectivity index (χ0n) is 11.9. The van der Waals surface area contributed by atoms with Crippen LogP contribution in [0.25, 0.3) is 0 Å². The van der Waals surface area contributed by atoms with E-state index in [1.54, 1.807) is 6.07 Å². The number of hydrogen-bond donors (Lipinski definition) is 1. The first-order valence-corrected chi connectivity index (χ1v) is 6.50. The van der Waals surface area contributed by atoms with Crippen molar-refractivity contribution >= 4 is 17.8 Å². The Morgan fingerprint density at radius 3 is 2.64 bits per heavy atom. The van der Waals surface area contributed by atoms with Gasteiger partial charge in [-0.3, -0.25) is 9.59 Å². The van der Waals surface area contributed by atoms with E-state index in [9.17, 15) is 14.4 Å². The maximum atomic E-state index is 11.8. The molecule has 1 aliphatic heterocycles. The lowest BCUT2D eigenvalue weighted by Gasteiger charge is -2.18. The maximum absolute atomic E-state index is 11.8. The number of carbonyl (C=O) groups excluding carboxylic acids is 3. The van der Waals surface area contributed by atoms with Gasteiger partial charge in [-0.05, 0) is 18.2 Å². The summed E-state index contributed by atoms with van der Waals surface area (Å²) in [7, 11) is 1.20. The van der Waals surface area contributed by atoms with Crippen LogP contribution in [-0.4, -0.2) is 51.3 Å². The Morgan fingerprint density at radius 1 is 1.18 bits per heavy atom. The third-order valence-electron chi connectivity index (χ3n) is 2.77. The van der Waals surface area contributed by atoms with Crippen molar-refractivity contribution in [1.82, 2.24) is 5.32 Å². The van der Waals surface area contributed by atoms with Crippen molar-refractivity contribution in [3.63, 3.8) is 0 Å². The van der Waals surface area contributed by atoms with Crippen LogP contribution in [0.5, 0.6) is 11.5 Å². The molecule has 0 saturated carbocycles. The van der Waals surface area contributed by atoms with Crippen molar-refractivity contribution in [2.24, 2.45) is 0 Å². The summed E-state index contributed by atoms with van der Waals surface area (Å²) >= 11 is 0. The summed E-state index contributed by atoms with van der Waals surface area (Å²) in [6, 6.07) is 4.60. The number of ether oxygens (including phenoxy) is 4. The van der Waals surface area contributed by atoms with Gasteiger partial charge in [0.1, 0.15) is 19.8 Å². The summed E-state index contributed by atoms with van der Waals surface area (Å²) in [6.07, 6.45) is 0. The lowest BCUT2D eigenvalue weighted by atomic mass is 10.2. The number of fused-ring (bicyclic) bond motifs is 1. The molecule has 0 spiro atoms. The summed E-state index contributed by atoms with van der Waals surface area (Å²) < 4.78 is 19.9. The van der Waals surface area contributed by atoms with Crippen molar-refractivity contribution in [3.8, 4) is 11.5 Å². The molecular formula is C14H15NO7. The molecule has 0 aliphatic carbocycles. The first-order chi connectivity index (χ1) is 10.6. The van der Waals surface area contributed by atoms with Crippen molar-refractivity contribution in [3.05, 3.63) is 23.8 Å². The molecule has 1 heterocycles. The maximum Gasteiger partial charge on any atom is 0.338 e. The number of esters is 2.